The number of hydrogen-bond acceptors (Lipinski definition) is 2. The lowest BCUT2D eigenvalue weighted by Crippen LogP contribution is -1.87. The van der Waals surface area contributed by atoms with Gasteiger partial charge in [0.25, 0.3) is 0 Å². The summed E-state index contributed by atoms with van der Waals surface area (Å²) < 4.78 is 0. The van der Waals surface area contributed by atoms with Crippen LogP contribution in [0.25, 0.3) is 11.0 Å². The Kier molecular flexibility index (Phi) is 3.34. The number of rotatable bonds is 2. The smallest absolute Gasteiger partial charge is 0.193 e. The summed E-state index contributed by atoms with van der Waals surface area (Å²) in [4.78, 5) is 13.8. The van der Waals surface area contributed by atoms with Crippen molar-refractivity contribution >= 4 is 28.5 Å². The largest absolute Gasteiger partial charge is 0.289 e. The van der Waals surface area contributed by atoms with E-state index in [2.05, 4.69) is 0 Å². The molecule has 92 valence electrons. The van der Waals surface area contributed by atoms with Crippen LogP contribution < -0.4 is 0 Å². The van der Waals surface area contributed by atoms with Crippen LogP contribution in [0.1, 0.15) is 11.1 Å². The Balaban J connectivity index is 1.87. The maximum absolute atomic E-state index is 12.0. The van der Waals surface area contributed by atoms with Gasteiger partial charge in [-0.2, -0.15) is 0 Å². The van der Waals surface area contributed by atoms with E-state index in [1.54, 1.807) is 6.08 Å². The molecule has 0 amide bonds. The predicted molar refractivity (Wildman–Crippen MR) is 81.4 cm³/mol. The molecule has 0 radical (unpaired) electrons. The SMILES string of the molecule is O=C1C=C(c2ccccc2)SC1=Cc1ccccc1. The number of allylic oxidation sites excluding steroid dienone is 2. The Morgan fingerprint density at radius 3 is 2.16 bits per heavy atom. The third-order valence-electron chi connectivity index (χ3n) is 2.88. The van der Waals surface area contributed by atoms with Gasteiger partial charge in [-0.15, -0.1) is 0 Å². The Morgan fingerprint density at radius 1 is 0.842 bits per heavy atom. The van der Waals surface area contributed by atoms with E-state index >= 15 is 0 Å². The third-order valence-corrected chi connectivity index (χ3v) is 3.99. The number of hydrogen-bond donors (Lipinski definition) is 0. The van der Waals surface area contributed by atoms with Gasteiger partial charge in [0.05, 0.1) is 4.91 Å². The molecular weight excluding hydrogens is 252 g/mol. The quantitative estimate of drug-likeness (QED) is 0.748. The van der Waals surface area contributed by atoms with E-state index < -0.39 is 0 Å². The zero-order valence-corrected chi connectivity index (χ0v) is 11.1. The van der Waals surface area contributed by atoms with Gasteiger partial charge in [0.2, 0.25) is 0 Å². The van der Waals surface area contributed by atoms with Gasteiger partial charge >= 0.3 is 0 Å². The first kappa shape index (κ1) is 12.0. The van der Waals surface area contributed by atoms with Crippen molar-refractivity contribution in [3.8, 4) is 0 Å². The van der Waals surface area contributed by atoms with Crippen molar-refractivity contribution in [2.45, 2.75) is 0 Å². The first-order valence-electron chi connectivity index (χ1n) is 6.09. The van der Waals surface area contributed by atoms with E-state index in [-0.39, 0.29) is 5.78 Å². The second-order valence-electron chi connectivity index (χ2n) is 4.26. The molecule has 1 nitrogen and oxygen atoms in total. The van der Waals surface area contributed by atoms with Gasteiger partial charge in [-0.1, -0.05) is 72.4 Å². The molecule has 0 saturated heterocycles. The average molecular weight is 264 g/mol. The third kappa shape index (κ3) is 2.69. The van der Waals surface area contributed by atoms with Crippen LogP contribution in [0.4, 0.5) is 0 Å². The summed E-state index contributed by atoms with van der Waals surface area (Å²) in [5.41, 5.74) is 2.15. The number of thioether (sulfide) groups is 1. The summed E-state index contributed by atoms with van der Waals surface area (Å²) >= 11 is 1.54. The second kappa shape index (κ2) is 5.29. The normalized spacial score (nSPS) is 16.7. The van der Waals surface area contributed by atoms with Gasteiger partial charge in [-0.05, 0) is 17.2 Å². The van der Waals surface area contributed by atoms with Gasteiger partial charge in [0.1, 0.15) is 0 Å². The lowest BCUT2D eigenvalue weighted by atomic mass is 10.1. The zero-order chi connectivity index (χ0) is 13.1. The molecule has 2 aromatic carbocycles. The van der Waals surface area contributed by atoms with E-state index in [1.807, 2.05) is 66.7 Å². The van der Waals surface area contributed by atoms with Crippen LogP contribution in [0.3, 0.4) is 0 Å². The maximum Gasteiger partial charge on any atom is 0.193 e. The standard InChI is InChI=1S/C17H12OS/c18-15-12-16(14-9-5-2-6-10-14)19-17(15)11-13-7-3-1-4-8-13/h1-12H. The summed E-state index contributed by atoms with van der Waals surface area (Å²) in [6, 6.07) is 19.9. The summed E-state index contributed by atoms with van der Waals surface area (Å²) in [5.74, 6) is 0.0905. The van der Waals surface area contributed by atoms with Gasteiger partial charge in [0.15, 0.2) is 5.78 Å². The van der Waals surface area contributed by atoms with Crippen molar-refractivity contribution in [2.24, 2.45) is 0 Å². The Morgan fingerprint density at radius 2 is 1.47 bits per heavy atom. The fraction of sp³-hybridized carbons (Fsp3) is 0. The van der Waals surface area contributed by atoms with Crippen LogP contribution in [-0.4, -0.2) is 5.78 Å². The lowest BCUT2D eigenvalue weighted by Gasteiger charge is -2.00. The molecule has 0 saturated carbocycles. The molecule has 0 N–H and O–H groups in total. The zero-order valence-electron chi connectivity index (χ0n) is 10.2. The average Bonchev–Trinajstić information content (AvgIpc) is 2.82. The number of ketones is 1. The molecule has 1 aliphatic rings. The molecule has 2 aromatic rings. The van der Waals surface area contributed by atoms with Gasteiger partial charge in [-0.25, -0.2) is 0 Å². The lowest BCUT2D eigenvalue weighted by molar-refractivity contribution is -0.110. The van der Waals surface area contributed by atoms with Crippen molar-refractivity contribution < 1.29 is 4.79 Å². The molecule has 0 spiro atoms. The van der Waals surface area contributed by atoms with Crippen molar-refractivity contribution in [2.75, 3.05) is 0 Å². The summed E-state index contributed by atoms with van der Waals surface area (Å²) in [6.07, 6.45) is 3.66. The summed E-state index contributed by atoms with van der Waals surface area (Å²) in [7, 11) is 0. The predicted octanol–water partition coefficient (Wildman–Crippen LogP) is 4.38. The molecule has 0 atom stereocenters. The van der Waals surface area contributed by atoms with Crippen LogP contribution in [0.15, 0.2) is 71.6 Å². The molecule has 3 rings (SSSR count). The Bertz CT molecular complexity index is 654. The van der Waals surface area contributed by atoms with Crippen LogP contribution in [0.2, 0.25) is 0 Å². The van der Waals surface area contributed by atoms with E-state index in [9.17, 15) is 4.79 Å². The van der Waals surface area contributed by atoms with E-state index in [0.29, 0.717) is 0 Å². The summed E-state index contributed by atoms with van der Waals surface area (Å²) in [5, 5.41) is 0. The number of carbonyl (C=O) groups excluding carboxylic acids is 1. The second-order valence-corrected chi connectivity index (χ2v) is 5.34. The first-order valence-corrected chi connectivity index (χ1v) is 6.90. The van der Waals surface area contributed by atoms with Crippen molar-refractivity contribution in [1.82, 2.24) is 0 Å². The van der Waals surface area contributed by atoms with Gasteiger partial charge < -0.3 is 0 Å². The molecule has 0 bridgehead atoms. The molecular formula is C17H12OS. The maximum atomic E-state index is 12.0. The van der Waals surface area contributed by atoms with E-state index in [1.165, 1.54) is 11.8 Å². The first-order chi connectivity index (χ1) is 9.33. The highest BCUT2D eigenvalue weighted by Gasteiger charge is 2.20. The van der Waals surface area contributed by atoms with E-state index in [0.717, 1.165) is 20.9 Å². The molecule has 0 unspecified atom stereocenters. The van der Waals surface area contributed by atoms with E-state index in [4.69, 9.17) is 0 Å². The van der Waals surface area contributed by atoms with Crippen LogP contribution in [0.5, 0.6) is 0 Å². The van der Waals surface area contributed by atoms with Crippen LogP contribution >= 0.6 is 11.8 Å². The molecule has 2 heteroatoms. The fourth-order valence-electron chi connectivity index (χ4n) is 1.93. The van der Waals surface area contributed by atoms with Gasteiger partial charge in [0, 0.05) is 11.0 Å². The highest BCUT2D eigenvalue weighted by atomic mass is 32.2. The van der Waals surface area contributed by atoms with Crippen LogP contribution in [-0.2, 0) is 4.79 Å². The molecule has 0 aliphatic carbocycles. The van der Waals surface area contributed by atoms with Crippen LogP contribution in [0, 0.1) is 0 Å². The number of benzene rings is 2. The molecule has 19 heavy (non-hydrogen) atoms. The van der Waals surface area contributed by atoms with Crippen molar-refractivity contribution in [1.29, 1.82) is 0 Å². The molecule has 0 fully saturated rings. The minimum Gasteiger partial charge on any atom is -0.289 e. The minimum absolute atomic E-state index is 0.0905. The summed E-state index contributed by atoms with van der Waals surface area (Å²) in [6.45, 7) is 0. The fourth-order valence-corrected chi connectivity index (χ4v) is 2.95. The highest BCUT2D eigenvalue weighted by molar-refractivity contribution is 8.13. The van der Waals surface area contributed by atoms with Crippen molar-refractivity contribution in [3.63, 3.8) is 0 Å². The topological polar surface area (TPSA) is 17.1 Å². The molecule has 1 aliphatic heterocycles. The number of carbonyl (C=O) groups is 1. The highest BCUT2D eigenvalue weighted by Crippen LogP contribution is 2.40. The molecule has 1 heterocycles. The minimum atomic E-state index is 0.0905. The van der Waals surface area contributed by atoms with Gasteiger partial charge in [-0.3, -0.25) is 4.79 Å². The van der Waals surface area contributed by atoms with Crippen molar-refractivity contribution in [3.05, 3.63) is 82.8 Å². The monoisotopic (exact) mass is 264 g/mol. The Hall–Kier alpha value is -2.06. The molecule has 0 aromatic heterocycles. The Labute approximate surface area is 116 Å².